The third kappa shape index (κ3) is 3.84. The minimum absolute atomic E-state index is 0.0237. The second-order valence-corrected chi connectivity index (χ2v) is 8.80. The van der Waals surface area contributed by atoms with Crippen molar-refractivity contribution in [3.63, 3.8) is 0 Å². The Bertz CT molecular complexity index is 1080. The fourth-order valence-electron chi connectivity index (χ4n) is 4.92. The predicted octanol–water partition coefficient (Wildman–Crippen LogP) is 2.91. The second-order valence-electron chi connectivity index (χ2n) is 8.80. The van der Waals surface area contributed by atoms with Gasteiger partial charge in [0.15, 0.2) is 5.65 Å². The number of nitrogens with zero attached hydrogens (tertiary/aromatic N) is 6. The van der Waals surface area contributed by atoms with E-state index in [4.69, 9.17) is 0 Å². The highest BCUT2D eigenvalue weighted by molar-refractivity contribution is 5.80. The lowest BCUT2D eigenvalue weighted by Gasteiger charge is -2.39. The third-order valence-electron chi connectivity index (χ3n) is 6.62. The standard InChI is InChI=1S/C24H30N6O/c1-18-6-3-9-21(16-18)27-12-14-28(15-13-27)23(31)20-8-5-11-29(17-20)24-26-25-22-10-4-7-19(2)30(22)24/h3-4,6-7,9-10,16,20H,5,8,11-15,17H2,1-2H3/t20-/m0/s1. The molecule has 2 aliphatic heterocycles. The summed E-state index contributed by atoms with van der Waals surface area (Å²) in [7, 11) is 0. The molecule has 0 radical (unpaired) electrons. The van der Waals surface area contributed by atoms with Gasteiger partial charge in [0.05, 0.1) is 5.92 Å². The summed E-state index contributed by atoms with van der Waals surface area (Å²) in [6.45, 7) is 9.18. The zero-order valence-electron chi connectivity index (χ0n) is 18.4. The van der Waals surface area contributed by atoms with Gasteiger partial charge in [0.25, 0.3) is 0 Å². The van der Waals surface area contributed by atoms with Crippen LogP contribution in [0.15, 0.2) is 42.5 Å². The van der Waals surface area contributed by atoms with Crippen LogP contribution in [-0.4, -0.2) is 64.7 Å². The average molecular weight is 419 g/mol. The van der Waals surface area contributed by atoms with Crippen LogP contribution < -0.4 is 9.80 Å². The van der Waals surface area contributed by atoms with E-state index >= 15 is 0 Å². The summed E-state index contributed by atoms with van der Waals surface area (Å²) in [5.41, 5.74) is 4.49. The van der Waals surface area contributed by atoms with Gasteiger partial charge < -0.3 is 14.7 Å². The molecule has 0 aliphatic carbocycles. The minimum Gasteiger partial charge on any atom is -0.368 e. The normalized spacial score (nSPS) is 19.8. The van der Waals surface area contributed by atoms with Crippen LogP contribution in [0.3, 0.4) is 0 Å². The lowest BCUT2D eigenvalue weighted by atomic mass is 9.96. The molecule has 2 fully saturated rings. The van der Waals surface area contributed by atoms with E-state index in [9.17, 15) is 4.79 Å². The third-order valence-corrected chi connectivity index (χ3v) is 6.62. The summed E-state index contributed by atoms with van der Waals surface area (Å²) < 4.78 is 2.09. The first kappa shape index (κ1) is 19.8. The number of carbonyl (C=O) groups is 1. The van der Waals surface area contributed by atoms with Gasteiger partial charge in [0.1, 0.15) is 0 Å². The Balaban J connectivity index is 1.25. The van der Waals surface area contributed by atoms with Crippen molar-refractivity contribution in [2.24, 2.45) is 5.92 Å². The molecule has 1 aromatic carbocycles. The van der Waals surface area contributed by atoms with Crippen LogP contribution >= 0.6 is 0 Å². The topological polar surface area (TPSA) is 57.0 Å². The highest BCUT2D eigenvalue weighted by atomic mass is 16.2. The molecule has 1 amide bonds. The van der Waals surface area contributed by atoms with Crippen molar-refractivity contribution in [1.82, 2.24) is 19.5 Å². The van der Waals surface area contributed by atoms with Gasteiger partial charge in [-0.1, -0.05) is 18.2 Å². The maximum Gasteiger partial charge on any atom is 0.231 e. The van der Waals surface area contributed by atoms with Crippen molar-refractivity contribution in [1.29, 1.82) is 0 Å². The number of rotatable bonds is 3. The average Bonchev–Trinajstić information content (AvgIpc) is 3.24. The highest BCUT2D eigenvalue weighted by Gasteiger charge is 2.32. The maximum atomic E-state index is 13.3. The van der Waals surface area contributed by atoms with E-state index in [0.717, 1.165) is 62.9 Å². The number of anilines is 2. The molecule has 0 spiro atoms. The zero-order chi connectivity index (χ0) is 21.4. The first-order chi connectivity index (χ1) is 15.1. The van der Waals surface area contributed by atoms with Gasteiger partial charge in [-0.3, -0.25) is 9.20 Å². The summed E-state index contributed by atoms with van der Waals surface area (Å²) in [6, 6.07) is 14.7. The Morgan fingerprint density at radius 1 is 0.935 bits per heavy atom. The summed E-state index contributed by atoms with van der Waals surface area (Å²) in [5, 5.41) is 8.77. The van der Waals surface area contributed by atoms with Crippen molar-refractivity contribution in [3.8, 4) is 0 Å². The summed E-state index contributed by atoms with van der Waals surface area (Å²) in [5.74, 6) is 1.17. The molecule has 0 unspecified atom stereocenters. The number of piperidine rings is 1. The highest BCUT2D eigenvalue weighted by Crippen LogP contribution is 2.26. The van der Waals surface area contributed by atoms with Crippen LogP contribution in [-0.2, 0) is 4.79 Å². The predicted molar refractivity (Wildman–Crippen MR) is 123 cm³/mol. The van der Waals surface area contributed by atoms with Crippen molar-refractivity contribution < 1.29 is 4.79 Å². The first-order valence-electron chi connectivity index (χ1n) is 11.3. The fraction of sp³-hybridized carbons (Fsp3) is 0.458. The Hall–Kier alpha value is -3.09. The molecule has 7 heteroatoms. The Kier molecular flexibility index (Phi) is 5.26. The number of hydrogen-bond acceptors (Lipinski definition) is 5. The van der Waals surface area contributed by atoms with E-state index in [1.54, 1.807) is 0 Å². The van der Waals surface area contributed by atoms with Crippen LogP contribution in [0.5, 0.6) is 0 Å². The summed E-state index contributed by atoms with van der Waals surface area (Å²) >= 11 is 0. The van der Waals surface area contributed by atoms with Crippen molar-refractivity contribution in [3.05, 3.63) is 53.7 Å². The van der Waals surface area contributed by atoms with E-state index in [2.05, 4.69) is 73.5 Å². The smallest absolute Gasteiger partial charge is 0.231 e. The van der Waals surface area contributed by atoms with Crippen molar-refractivity contribution in [2.75, 3.05) is 49.1 Å². The van der Waals surface area contributed by atoms with E-state index in [0.29, 0.717) is 12.5 Å². The zero-order valence-corrected chi connectivity index (χ0v) is 18.4. The second kappa shape index (κ2) is 8.21. The molecule has 4 heterocycles. The van der Waals surface area contributed by atoms with Gasteiger partial charge in [-0.2, -0.15) is 0 Å². The van der Waals surface area contributed by atoms with E-state index in [1.165, 1.54) is 11.3 Å². The van der Waals surface area contributed by atoms with Gasteiger partial charge >= 0.3 is 0 Å². The van der Waals surface area contributed by atoms with Gasteiger partial charge in [-0.15, -0.1) is 10.2 Å². The Labute approximate surface area is 183 Å². The number of piperazine rings is 1. The number of hydrogen-bond donors (Lipinski definition) is 0. The van der Waals surface area contributed by atoms with Gasteiger partial charge in [-0.25, -0.2) is 0 Å². The number of aromatic nitrogens is 3. The lowest BCUT2D eigenvalue weighted by molar-refractivity contribution is -0.136. The van der Waals surface area contributed by atoms with Crippen LogP contribution in [0.4, 0.5) is 11.6 Å². The maximum absolute atomic E-state index is 13.3. The van der Waals surface area contributed by atoms with E-state index in [-0.39, 0.29) is 5.92 Å². The number of benzene rings is 1. The lowest BCUT2D eigenvalue weighted by Crippen LogP contribution is -2.52. The molecule has 0 saturated carbocycles. The van der Waals surface area contributed by atoms with Crippen LogP contribution in [0.1, 0.15) is 24.1 Å². The van der Waals surface area contributed by atoms with Gasteiger partial charge in [-0.05, 0) is 56.5 Å². The van der Waals surface area contributed by atoms with E-state index in [1.807, 2.05) is 12.1 Å². The van der Waals surface area contributed by atoms with Crippen molar-refractivity contribution in [2.45, 2.75) is 26.7 Å². The van der Waals surface area contributed by atoms with Gasteiger partial charge in [0, 0.05) is 50.6 Å². The molecule has 2 aliphatic rings. The number of amides is 1. The Morgan fingerprint density at radius 3 is 2.55 bits per heavy atom. The number of fused-ring (bicyclic) bond motifs is 1. The van der Waals surface area contributed by atoms with Gasteiger partial charge in [0.2, 0.25) is 11.9 Å². The Morgan fingerprint density at radius 2 is 1.74 bits per heavy atom. The summed E-state index contributed by atoms with van der Waals surface area (Å²) in [4.78, 5) is 20.0. The van der Waals surface area contributed by atoms with Crippen LogP contribution in [0.2, 0.25) is 0 Å². The molecule has 31 heavy (non-hydrogen) atoms. The quantitative estimate of drug-likeness (QED) is 0.655. The molecule has 0 bridgehead atoms. The largest absolute Gasteiger partial charge is 0.368 e. The number of carbonyl (C=O) groups excluding carboxylic acids is 1. The number of pyridine rings is 1. The minimum atomic E-state index is 0.0237. The van der Waals surface area contributed by atoms with E-state index < -0.39 is 0 Å². The first-order valence-corrected chi connectivity index (χ1v) is 11.3. The van der Waals surface area contributed by atoms with Crippen LogP contribution in [0.25, 0.3) is 5.65 Å². The molecule has 5 rings (SSSR count). The fourth-order valence-corrected chi connectivity index (χ4v) is 4.92. The van der Waals surface area contributed by atoms with Crippen LogP contribution in [0, 0.1) is 19.8 Å². The SMILES string of the molecule is Cc1cccc(N2CCN(C(=O)[C@H]3CCCN(c4nnc5cccc(C)n45)C3)CC2)c1. The molecular formula is C24H30N6O. The monoisotopic (exact) mass is 418 g/mol. The summed E-state index contributed by atoms with van der Waals surface area (Å²) in [6.07, 6.45) is 1.95. The molecule has 2 saturated heterocycles. The molecule has 2 aromatic heterocycles. The molecular weight excluding hydrogens is 388 g/mol. The van der Waals surface area contributed by atoms with Crippen molar-refractivity contribution >= 4 is 23.2 Å². The molecule has 3 aromatic rings. The molecule has 0 N–H and O–H groups in total. The molecule has 1 atom stereocenters. The molecule has 162 valence electrons. The number of aryl methyl sites for hydroxylation is 2. The molecule has 7 nitrogen and oxygen atoms in total.